The summed E-state index contributed by atoms with van der Waals surface area (Å²) in [6, 6.07) is 18.7. The van der Waals surface area contributed by atoms with Crippen LogP contribution in [-0.4, -0.2) is 62.7 Å². The lowest BCUT2D eigenvalue weighted by molar-refractivity contribution is -0.213. The first-order chi connectivity index (χ1) is 19.9. The van der Waals surface area contributed by atoms with Gasteiger partial charge in [0.15, 0.2) is 19.6 Å². The molecule has 0 aliphatic carbocycles. The zero-order chi connectivity index (χ0) is 29.8. The highest BCUT2D eigenvalue weighted by atomic mass is 28.4. The summed E-state index contributed by atoms with van der Waals surface area (Å²) >= 11 is 0. The van der Waals surface area contributed by atoms with Crippen molar-refractivity contribution >= 4 is 25.9 Å². The van der Waals surface area contributed by atoms with Crippen LogP contribution in [0.4, 0.5) is 5.69 Å². The number of carbonyl (C=O) groups excluding carboxylic acids is 2. The lowest BCUT2D eigenvalue weighted by Crippen LogP contribution is -2.72. The molecular weight excluding hydrogens is 544 g/mol. The van der Waals surface area contributed by atoms with Gasteiger partial charge in [-0.05, 0) is 61.0 Å². The van der Waals surface area contributed by atoms with Crippen LogP contribution in [0.25, 0.3) is 0 Å². The Morgan fingerprint density at radius 2 is 1.79 bits per heavy atom. The van der Waals surface area contributed by atoms with E-state index in [0.29, 0.717) is 39.0 Å². The van der Waals surface area contributed by atoms with Crippen molar-refractivity contribution in [3.63, 3.8) is 0 Å². The molecule has 0 saturated carbocycles. The number of anilines is 1. The van der Waals surface area contributed by atoms with E-state index in [0.717, 1.165) is 18.5 Å². The average Bonchev–Trinajstić information content (AvgIpc) is 3.63. The molecule has 5 aliphatic heterocycles. The highest BCUT2D eigenvalue weighted by Crippen LogP contribution is 2.80. The molecule has 4 saturated heterocycles. The number of piperidine rings is 1. The van der Waals surface area contributed by atoms with Crippen molar-refractivity contribution < 1.29 is 23.5 Å². The van der Waals surface area contributed by atoms with Crippen LogP contribution in [0.1, 0.15) is 64.0 Å². The van der Waals surface area contributed by atoms with Crippen molar-refractivity contribution in [2.45, 2.75) is 100 Å². The van der Waals surface area contributed by atoms with E-state index in [1.54, 1.807) is 0 Å². The van der Waals surface area contributed by atoms with Gasteiger partial charge >= 0.3 is 5.97 Å². The van der Waals surface area contributed by atoms with Crippen molar-refractivity contribution in [3.8, 4) is 0 Å². The number of fused-ring (bicyclic) bond motifs is 3. The molecule has 7 nitrogen and oxygen atoms in total. The van der Waals surface area contributed by atoms with E-state index >= 15 is 0 Å². The van der Waals surface area contributed by atoms with E-state index in [2.05, 4.69) is 87.3 Å². The van der Waals surface area contributed by atoms with E-state index in [4.69, 9.17) is 13.9 Å². The number of nitrogens with zero attached hydrogens (tertiary/aromatic N) is 2. The minimum atomic E-state index is -2.00. The Hall–Kier alpha value is -2.68. The van der Waals surface area contributed by atoms with Crippen molar-refractivity contribution in [1.82, 2.24) is 4.90 Å². The van der Waals surface area contributed by atoms with Gasteiger partial charge in [-0.25, -0.2) is 4.79 Å². The fraction of sp³-hybridized carbons (Fsp3) is 0.588. The van der Waals surface area contributed by atoms with Crippen LogP contribution in [0.2, 0.25) is 18.1 Å². The van der Waals surface area contributed by atoms with Gasteiger partial charge in [-0.2, -0.15) is 0 Å². The van der Waals surface area contributed by atoms with Crippen LogP contribution in [0.3, 0.4) is 0 Å². The molecule has 1 amide bonds. The molecule has 0 N–H and O–H groups in total. The Labute approximate surface area is 250 Å². The minimum absolute atomic E-state index is 0.0952. The predicted molar refractivity (Wildman–Crippen MR) is 163 cm³/mol. The minimum Gasteiger partial charge on any atom is -0.467 e. The molecule has 5 aliphatic rings. The van der Waals surface area contributed by atoms with Crippen molar-refractivity contribution in [3.05, 3.63) is 65.7 Å². The van der Waals surface area contributed by atoms with Crippen molar-refractivity contribution in [2.75, 3.05) is 25.2 Å². The summed E-state index contributed by atoms with van der Waals surface area (Å²) < 4.78 is 19.7. The Morgan fingerprint density at radius 1 is 1.07 bits per heavy atom. The highest BCUT2D eigenvalue weighted by molar-refractivity contribution is 6.74. The molecule has 7 rings (SSSR count). The predicted octanol–water partition coefficient (Wildman–Crippen LogP) is 5.78. The van der Waals surface area contributed by atoms with Crippen LogP contribution < -0.4 is 4.90 Å². The van der Waals surface area contributed by atoms with E-state index in [1.807, 2.05) is 11.0 Å². The average molecular weight is 589 g/mol. The summed E-state index contributed by atoms with van der Waals surface area (Å²) in [4.78, 5) is 32.4. The van der Waals surface area contributed by atoms with Crippen LogP contribution in [0.15, 0.2) is 54.6 Å². The van der Waals surface area contributed by atoms with Gasteiger partial charge in [-0.1, -0.05) is 69.3 Å². The fourth-order valence-electron chi connectivity index (χ4n) is 9.38. The molecule has 2 aromatic rings. The number of ether oxygens (including phenoxy) is 2. The van der Waals surface area contributed by atoms with E-state index in [1.165, 1.54) is 18.2 Å². The largest absolute Gasteiger partial charge is 0.467 e. The highest BCUT2D eigenvalue weighted by Gasteiger charge is 2.92. The first-order valence-electron chi connectivity index (χ1n) is 15.5. The number of carbonyl (C=O) groups is 2. The Kier molecular flexibility index (Phi) is 5.97. The molecule has 5 atom stereocenters. The number of esters is 1. The standard InChI is InChI=1S/C34H44N2O5Si/c1-30(2,3)42(5,6)40-21-19-31-17-16-27(37)36-20-18-32-25-14-10-11-15-26(25)35(22-24-12-8-7-9-13-24)28(32)33(23-31,29(38)39-4)41-34(31,32)36/h7-15,28H,16-23H2,1-6H3/t28-,31-,32+,33?,34+/m0/s1. The van der Waals surface area contributed by atoms with Gasteiger partial charge in [0.05, 0.1) is 18.6 Å². The van der Waals surface area contributed by atoms with E-state index in [9.17, 15) is 9.59 Å². The van der Waals surface area contributed by atoms with Crippen LogP contribution >= 0.6 is 0 Å². The topological polar surface area (TPSA) is 68.3 Å². The van der Waals surface area contributed by atoms with Gasteiger partial charge < -0.3 is 23.7 Å². The third-order valence-electron chi connectivity index (χ3n) is 12.0. The number of hydrogen-bond donors (Lipinski definition) is 0. The maximum atomic E-state index is 14.2. The molecule has 0 radical (unpaired) electrons. The summed E-state index contributed by atoms with van der Waals surface area (Å²) in [5.74, 6) is -0.193. The number of methoxy groups -OCH3 is 1. The van der Waals surface area contributed by atoms with Gasteiger partial charge in [-0.15, -0.1) is 0 Å². The second-order valence-corrected chi connectivity index (χ2v) is 19.6. The Balaban J connectivity index is 1.40. The quantitative estimate of drug-likeness (QED) is 0.302. The van der Waals surface area contributed by atoms with Crippen LogP contribution in [0.5, 0.6) is 0 Å². The number of benzene rings is 2. The molecule has 2 spiro atoms. The third-order valence-corrected chi connectivity index (χ3v) is 16.5. The first kappa shape index (κ1) is 28.1. The maximum absolute atomic E-state index is 14.2. The molecule has 5 heterocycles. The molecule has 2 aromatic carbocycles. The maximum Gasteiger partial charge on any atom is 0.340 e. The van der Waals surface area contributed by atoms with Gasteiger partial charge in [0, 0.05) is 37.2 Å². The Morgan fingerprint density at radius 3 is 2.50 bits per heavy atom. The number of para-hydroxylation sites is 1. The van der Waals surface area contributed by atoms with E-state index < -0.39 is 30.5 Å². The fourth-order valence-corrected chi connectivity index (χ4v) is 10.4. The molecule has 4 fully saturated rings. The van der Waals surface area contributed by atoms with E-state index in [-0.39, 0.29) is 23.0 Å². The molecular formula is C34H44N2O5Si. The van der Waals surface area contributed by atoms with Crippen LogP contribution in [0, 0.1) is 5.41 Å². The lowest BCUT2D eigenvalue weighted by Gasteiger charge is -2.58. The summed E-state index contributed by atoms with van der Waals surface area (Å²) in [5, 5.41) is 0.0952. The molecule has 2 bridgehead atoms. The normalized spacial score (nSPS) is 34.4. The third kappa shape index (κ3) is 3.24. The molecule has 224 valence electrons. The van der Waals surface area contributed by atoms with Gasteiger partial charge in [0.2, 0.25) is 5.91 Å². The molecule has 0 aromatic heterocycles. The second kappa shape index (κ2) is 8.93. The number of amides is 1. The molecule has 42 heavy (non-hydrogen) atoms. The zero-order valence-electron chi connectivity index (χ0n) is 25.9. The smallest absolute Gasteiger partial charge is 0.340 e. The summed E-state index contributed by atoms with van der Waals surface area (Å²) in [7, 11) is -0.528. The van der Waals surface area contributed by atoms with Crippen LogP contribution in [-0.2, 0) is 35.4 Å². The number of rotatable bonds is 7. The second-order valence-electron chi connectivity index (χ2n) is 14.7. The summed E-state index contributed by atoms with van der Waals surface area (Å²) in [6.45, 7) is 13.2. The first-order valence-corrected chi connectivity index (χ1v) is 18.4. The zero-order valence-corrected chi connectivity index (χ0v) is 26.9. The molecule has 1 unspecified atom stereocenters. The SMILES string of the molecule is COC(=O)C12C[C@@]3(CCO[Si](C)(C)C(C)(C)C)CCC(=O)N4CC[C@]5(c6ccccc6N(Cc6ccccc6)[C@H]15)[C@@]43O2. The van der Waals surface area contributed by atoms with Gasteiger partial charge in [0.1, 0.15) is 0 Å². The van der Waals surface area contributed by atoms with Crippen molar-refractivity contribution in [2.24, 2.45) is 5.41 Å². The lowest BCUT2D eigenvalue weighted by atomic mass is 9.49. The Bertz CT molecular complexity index is 1440. The summed E-state index contributed by atoms with van der Waals surface area (Å²) in [6.07, 6.45) is 3.20. The summed E-state index contributed by atoms with van der Waals surface area (Å²) in [5.41, 5.74) is 0.431. The monoisotopic (exact) mass is 588 g/mol. The number of hydrogen-bond acceptors (Lipinski definition) is 6. The molecule has 8 heteroatoms. The van der Waals surface area contributed by atoms with Crippen molar-refractivity contribution in [1.29, 1.82) is 0 Å². The van der Waals surface area contributed by atoms with Gasteiger partial charge in [-0.3, -0.25) is 4.79 Å². The van der Waals surface area contributed by atoms with Gasteiger partial charge in [0.25, 0.3) is 0 Å².